The first-order valence-electron chi connectivity index (χ1n) is 4.78. The maximum atomic E-state index is 13.2. The number of benzene rings is 1. The maximum Gasteiger partial charge on any atom is 0.273 e. The zero-order valence-corrected chi connectivity index (χ0v) is 8.46. The maximum absolute atomic E-state index is 13.2. The molecule has 0 saturated heterocycles. The summed E-state index contributed by atoms with van der Waals surface area (Å²) in [5.41, 5.74) is 6.16. The Balaban J connectivity index is 2.95. The van der Waals surface area contributed by atoms with E-state index in [4.69, 9.17) is 5.73 Å². The summed E-state index contributed by atoms with van der Waals surface area (Å²) in [5.74, 6) is 0. The molecule has 2 atom stereocenters. The molecular weight excluding hydrogens is 203 g/mol. The number of alkyl halides is 3. The Morgan fingerprint density at radius 1 is 1.20 bits per heavy atom. The fraction of sp³-hybridized carbons (Fsp3) is 0.455. The number of rotatable bonds is 4. The predicted octanol–water partition coefficient (Wildman–Crippen LogP) is 2.85. The molecule has 0 aliphatic carbocycles. The van der Waals surface area contributed by atoms with Crippen molar-refractivity contribution in [3.63, 3.8) is 0 Å². The van der Waals surface area contributed by atoms with Gasteiger partial charge >= 0.3 is 0 Å². The Morgan fingerprint density at radius 3 is 2.33 bits per heavy atom. The molecule has 2 N–H and O–H groups in total. The molecule has 15 heavy (non-hydrogen) atoms. The van der Waals surface area contributed by atoms with E-state index in [0.29, 0.717) is 12.0 Å². The molecule has 0 bridgehead atoms. The first-order chi connectivity index (χ1) is 7.02. The molecule has 0 heterocycles. The summed E-state index contributed by atoms with van der Waals surface area (Å²) in [4.78, 5) is 0. The third kappa shape index (κ3) is 3.23. The molecule has 0 radical (unpaired) electrons. The van der Waals surface area contributed by atoms with E-state index < -0.39 is 12.6 Å². The van der Waals surface area contributed by atoms with E-state index in [9.17, 15) is 13.2 Å². The van der Waals surface area contributed by atoms with Crippen LogP contribution in [0.5, 0.6) is 0 Å². The van der Waals surface area contributed by atoms with Gasteiger partial charge in [0.1, 0.15) is 0 Å². The minimum Gasteiger partial charge on any atom is -0.328 e. The first-order valence-corrected chi connectivity index (χ1v) is 4.78. The SMILES string of the molecule is CC(N)Cc1ccccc1C(F)C(F)F. The molecule has 1 rings (SSSR count). The topological polar surface area (TPSA) is 26.0 Å². The van der Waals surface area contributed by atoms with Gasteiger partial charge in [0.25, 0.3) is 6.43 Å². The highest BCUT2D eigenvalue weighted by Gasteiger charge is 2.23. The molecule has 1 aromatic rings. The molecule has 0 aliphatic rings. The lowest BCUT2D eigenvalue weighted by Crippen LogP contribution is -2.19. The number of nitrogens with two attached hydrogens (primary N) is 1. The second-order valence-corrected chi connectivity index (χ2v) is 3.62. The third-order valence-electron chi connectivity index (χ3n) is 2.12. The van der Waals surface area contributed by atoms with Crippen molar-refractivity contribution < 1.29 is 13.2 Å². The molecule has 1 nitrogen and oxygen atoms in total. The normalized spacial score (nSPS) is 15.3. The van der Waals surface area contributed by atoms with E-state index in [1.54, 1.807) is 25.1 Å². The van der Waals surface area contributed by atoms with Crippen LogP contribution in [0.15, 0.2) is 24.3 Å². The van der Waals surface area contributed by atoms with Crippen LogP contribution < -0.4 is 5.73 Å². The quantitative estimate of drug-likeness (QED) is 0.824. The zero-order chi connectivity index (χ0) is 11.4. The second-order valence-electron chi connectivity index (χ2n) is 3.62. The summed E-state index contributed by atoms with van der Waals surface area (Å²) in [5, 5.41) is 0. The Bertz CT molecular complexity index is 312. The van der Waals surface area contributed by atoms with Crippen LogP contribution in [0.2, 0.25) is 0 Å². The van der Waals surface area contributed by atoms with Crippen molar-refractivity contribution in [3.8, 4) is 0 Å². The van der Waals surface area contributed by atoms with E-state index in [1.165, 1.54) is 6.07 Å². The Hall–Kier alpha value is -1.03. The van der Waals surface area contributed by atoms with E-state index in [1.807, 2.05) is 0 Å². The highest BCUT2D eigenvalue weighted by atomic mass is 19.3. The Morgan fingerprint density at radius 2 is 1.80 bits per heavy atom. The molecule has 2 unspecified atom stereocenters. The van der Waals surface area contributed by atoms with Gasteiger partial charge in [0.2, 0.25) is 0 Å². The van der Waals surface area contributed by atoms with E-state index in [0.717, 1.165) is 0 Å². The largest absolute Gasteiger partial charge is 0.328 e. The van der Waals surface area contributed by atoms with Gasteiger partial charge in [-0.2, -0.15) is 0 Å². The zero-order valence-electron chi connectivity index (χ0n) is 8.46. The van der Waals surface area contributed by atoms with Crippen LogP contribution in [0, 0.1) is 0 Å². The van der Waals surface area contributed by atoms with Gasteiger partial charge in [0, 0.05) is 6.04 Å². The summed E-state index contributed by atoms with van der Waals surface area (Å²) in [6.07, 6.45) is -4.80. The van der Waals surface area contributed by atoms with Crippen LogP contribution >= 0.6 is 0 Å². The van der Waals surface area contributed by atoms with E-state index >= 15 is 0 Å². The van der Waals surface area contributed by atoms with Crippen molar-refractivity contribution in [2.75, 3.05) is 0 Å². The van der Waals surface area contributed by atoms with Crippen LogP contribution in [0.1, 0.15) is 24.2 Å². The Labute approximate surface area is 87.1 Å². The monoisotopic (exact) mass is 217 g/mol. The van der Waals surface area contributed by atoms with Gasteiger partial charge in [-0.25, -0.2) is 13.2 Å². The summed E-state index contributed by atoms with van der Waals surface area (Å²) < 4.78 is 37.6. The van der Waals surface area contributed by atoms with Gasteiger partial charge in [0.15, 0.2) is 6.17 Å². The summed E-state index contributed by atoms with van der Waals surface area (Å²) in [6, 6.07) is 6.09. The van der Waals surface area contributed by atoms with Gasteiger partial charge in [-0.15, -0.1) is 0 Å². The van der Waals surface area contributed by atoms with Crippen LogP contribution in [-0.4, -0.2) is 12.5 Å². The fourth-order valence-corrected chi connectivity index (χ4v) is 1.47. The van der Waals surface area contributed by atoms with Crippen LogP contribution in [0.3, 0.4) is 0 Å². The lowest BCUT2D eigenvalue weighted by molar-refractivity contribution is 0.0490. The average molecular weight is 217 g/mol. The lowest BCUT2D eigenvalue weighted by Gasteiger charge is -2.14. The number of hydrogen-bond donors (Lipinski definition) is 1. The van der Waals surface area contributed by atoms with Gasteiger partial charge < -0.3 is 5.73 Å². The Kier molecular flexibility index (Phi) is 4.15. The average Bonchev–Trinajstić information content (AvgIpc) is 2.16. The molecule has 4 heteroatoms. The van der Waals surface area contributed by atoms with Crippen LogP contribution in [0.4, 0.5) is 13.2 Å². The molecule has 0 spiro atoms. The molecule has 0 aliphatic heterocycles. The fourth-order valence-electron chi connectivity index (χ4n) is 1.47. The molecule has 0 aromatic heterocycles. The number of halogens is 3. The van der Waals surface area contributed by atoms with Crippen molar-refractivity contribution in [1.82, 2.24) is 0 Å². The van der Waals surface area contributed by atoms with E-state index in [-0.39, 0.29) is 11.6 Å². The first kappa shape index (κ1) is 12.0. The smallest absolute Gasteiger partial charge is 0.273 e. The van der Waals surface area contributed by atoms with Crippen molar-refractivity contribution in [3.05, 3.63) is 35.4 Å². The number of hydrogen-bond acceptors (Lipinski definition) is 1. The highest BCUT2D eigenvalue weighted by molar-refractivity contribution is 5.30. The minimum absolute atomic E-state index is 0.0461. The molecule has 1 aromatic carbocycles. The molecule has 0 fully saturated rings. The van der Waals surface area contributed by atoms with Crippen molar-refractivity contribution in [2.24, 2.45) is 5.73 Å². The van der Waals surface area contributed by atoms with Crippen molar-refractivity contribution in [2.45, 2.75) is 32.0 Å². The van der Waals surface area contributed by atoms with Gasteiger partial charge in [-0.05, 0) is 24.5 Å². The molecular formula is C11H14F3N. The predicted molar refractivity (Wildman–Crippen MR) is 53.6 cm³/mol. The summed E-state index contributed by atoms with van der Waals surface area (Å²) in [6.45, 7) is 1.76. The standard InChI is InChI=1S/C11H14F3N/c1-7(15)6-8-4-2-3-5-9(8)10(12)11(13)14/h2-5,7,10-11H,6,15H2,1H3. The van der Waals surface area contributed by atoms with Crippen molar-refractivity contribution >= 4 is 0 Å². The second kappa shape index (κ2) is 5.16. The third-order valence-corrected chi connectivity index (χ3v) is 2.12. The van der Waals surface area contributed by atoms with Crippen molar-refractivity contribution in [1.29, 1.82) is 0 Å². The summed E-state index contributed by atoms with van der Waals surface area (Å²) >= 11 is 0. The molecule has 0 saturated carbocycles. The minimum atomic E-state index is -2.99. The highest BCUT2D eigenvalue weighted by Crippen LogP contribution is 2.28. The van der Waals surface area contributed by atoms with Crippen LogP contribution in [0.25, 0.3) is 0 Å². The molecule has 84 valence electrons. The van der Waals surface area contributed by atoms with Gasteiger partial charge in [-0.1, -0.05) is 24.3 Å². The van der Waals surface area contributed by atoms with Gasteiger partial charge in [0.05, 0.1) is 0 Å². The summed E-state index contributed by atoms with van der Waals surface area (Å²) in [7, 11) is 0. The van der Waals surface area contributed by atoms with Gasteiger partial charge in [-0.3, -0.25) is 0 Å². The van der Waals surface area contributed by atoms with Crippen LogP contribution in [-0.2, 0) is 6.42 Å². The lowest BCUT2D eigenvalue weighted by atomic mass is 9.98. The van der Waals surface area contributed by atoms with E-state index in [2.05, 4.69) is 0 Å². The molecule has 0 amide bonds.